The highest BCUT2D eigenvalue weighted by molar-refractivity contribution is 5.86. The van der Waals surface area contributed by atoms with E-state index in [0.717, 1.165) is 25.0 Å². The Labute approximate surface area is 174 Å². The average Bonchev–Trinajstić information content (AvgIpc) is 3.09. The number of carbonyl (C=O) groups excluding carboxylic acids is 2. The zero-order valence-electron chi connectivity index (χ0n) is 18.7. The lowest BCUT2D eigenvalue weighted by Crippen LogP contribution is -2.49. The molecule has 1 fully saturated rings. The Balaban J connectivity index is 1.82. The lowest BCUT2D eigenvalue weighted by atomic mass is 10.1. The topological polar surface area (TPSA) is 67.9 Å². The molecule has 6 heteroatoms. The van der Waals surface area contributed by atoms with Gasteiger partial charge >= 0.3 is 6.09 Å². The number of hydrogen-bond donors (Lipinski definition) is 1. The molecule has 0 radical (unpaired) electrons. The highest BCUT2D eigenvalue weighted by atomic mass is 16.6. The number of aryl methyl sites for hydroxylation is 1. The molecule has 0 aromatic heterocycles. The van der Waals surface area contributed by atoms with Gasteiger partial charge in [0, 0.05) is 12.6 Å². The molecule has 2 amide bonds. The first-order valence-corrected chi connectivity index (χ1v) is 10.6. The number of nitrogens with one attached hydrogen (secondary N) is 1. The average molecular weight is 405 g/mol. The molecule has 2 unspecified atom stereocenters. The third kappa shape index (κ3) is 7.59. The van der Waals surface area contributed by atoms with E-state index in [-0.39, 0.29) is 18.1 Å². The van der Waals surface area contributed by atoms with Crippen LogP contribution in [0.1, 0.15) is 66.4 Å². The predicted octanol–water partition coefficient (Wildman–Crippen LogP) is 4.31. The van der Waals surface area contributed by atoms with Crippen LogP contribution in [0, 0.1) is 0 Å². The van der Waals surface area contributed by atoms with Crippen LogP contribution in [0.5, 0.6) is 5.75 Å². The van der Waals surface area contributed by atoms with Crippen molar-refractivity contribution >= 4 is 12.0 Å². The number of carbonyl (C=O) groups is 2. The summed E-state index contributed by atoms with van der Waals surface area (Å²) >= 11 is 0. The molecule has 2 atom stereocenters. The van der Waals surface area contributed by atoms with Crippen molar-refractivity contribution in [3.05, 3.63) is 29.8 Å². The number of nitrogens with zero attached hydrogens (tertiary/aromatic N) is 1. The monoisotopic (exact) mass is 404 g/mol. The summed E-state index contributed by atoms with van der Waals surface area (Å²) in [6.45, 7) is 12.1. The van der Waals surface area contributed by atoms with Crippen molar-refractivity contribution in [2.24, 2.45) is 0 Å². The second-order valence-electron chi connectivity index (χ2n) is 9.09. The van der Waals surface area contributed by atoms with Crippen LogP contribution in [-0.4, -0.2) is 47.2 Å². The van der Waals surface area contributed by atoms with Gasteiger partial charge in [0.05, 0.1) is 6.10 Å². The lowest BCUT2D eigenvalue weighted by Gasteiger charge is -2.28. The van der Waals surface area contributed by atoms with Crippen LogP contribution in [-0.2, 0) is 16.0 Å². The fourth-order valence-corrected chi connectivity index (χ4v) is 3.38. The van der Waals surface area contributed by atoms with Gasteiger partial charge in [-0.2, -0.15) is 0 Å². The van der Waals surface area contributed by atoms with Crippen LogP contribution in [0.25, 0.3) is 0 Å². The second-order valence-corrected chi connectivity index (χ2v) is 9.09. The van der Waals surface area contributed by atoms with E-state index in [9.17, 15) is 9.59 Å². The fraction of sp³-hybridized carbons (Fsp3) is 0.652. The zero-order chi connectivity index (χ0) is 21.6. The van der Waals surface area contributed by atoms with Gasteiger partial charge in [0.1, 0.15) is 17.4 Å². The van der Waals surface area contributed by atoms with E-state index in [1.165, 1.54) is 5.56 Å². The van der Waals surface area contributed by atoms with Gasteiger partial charge in [-0.05, 0) is 84.9 Å². The van der Waals surface area contributed by atoms with E-state index >= 15 is 0 Å². The summed E-state index contributed by atoms with van der Waals surface area (Å²) in [6, 6.07) is 7.67. The number of likely N-dealkylation sites (tertiary alicyclic amines) is 1. The Kier molecular flexibility index (Phi) is 7.94. The van der Waals surface area contributed by atoms with Crippen LogP contribution in [0.2, 0.25) is 0 Å². The van der Waals surface area contributed by atoms with Crippen molar-refractivity contribution in [3.8, 4) is 5.75 Å². The molecule has 0 saturated carbocycles. The van der Waals surface area contributed by atoms with Gasteiger partial charge in [-0.3, -0.25) is 9.69 Å². The second kappa shape index (κ2) is 9.99. The lowest BCUT2D eigenvalue weighted by molar-refractivity contribution is -0.126. The minimum atomic E-state index is -0.566. The molecule has 1 aliphatic rings. The van der Waals surface area contributed by atoms with Crippen molar-refractivity contribution in [1.29, 1.82) is 0 Å². The molecule has 0 spiro atoms. The number of hydrogen-bond acceptors (Lipinski definition) is 4. The number of rotatable bonds is 7. The highest BCUT2D eigenvalue weighted by Crippen LogP contribution is 2.21. The predicted molar refractivity (Wildman–Crippen MR) is 114 cm³/mol. The Hall–Kier alpha value is -2.24. The molecular weight excluding hydrogens is 368 g/mol. The normalized spacial score (nSPS) is 17.9. The Morgan fingerprint density at radius 2 is 1.83 bits per heavy atom. The van der Waals surface area contributed by atoms with Gasteiger partial charge in [0.15, 0.2) is 0 Å². The van der Waals surface area contributed by atoms with E-state index < -0.39 is 17.7 Å². The SMILES string of the molecule is CC(CCc1ccc(OC(C)C)cc1)NC(=O)C1CCCN1C(=O)OC(C)(C)C. The van der Waals surface area contributed by atoms with E-state index in [2.05, 4.69) is 17.4 Å². The van der Waals surface area contributed by atoms with Gasteiger partial charge in [-0.1, -0.05) is 12.1 Å². The first-order valence-electron chi connectivity index (χ1n) is 10.6. The van der Waals surface area contributed by atoms with E-state index in [4.69, 9.17) is 9.47 Å². The summed E-state index contributed by atoms with van der Waals surface area (Å²) in [5, 5.41) is 3.06. The van der Waals surface area contributed by atoms with Crippen molar-refractivity contribution in [1.82, 2.24) is 10.2 Å². The van der Waals surface area contributed by atoms with Gasteiger partial charge in [0.25, 0.3) is 0 Å². The molecular formula is C23H36N2O4. The van der Waals surface area contributed by atoms with Crippen molar-refractivity contribution < 1.29 is 19.1 Å². The van der Waals surface area contributed by atoms with E-state index in [1.807, 2.05) is 53.7 Å². The molecule has 0 bridgehead atoms. The van der Waals surface area contributed by atoms with Crippen LogP contribution in [0.3, 0.4) is 0 Å². The van der Waals surface area contributed by atoms with E-state index in [0.29, 0.717) is 13.0 Å². The summed E-state index contributed by atoms with van der Waals surface area (Å²) in [4.78, 5) is 26.7. The molecule has 1 heterocycles. The molecule has 162 valence electrons. The molecule has 0 aliphatic carbocycles. The Bertz CT molecular complexity index is 679. The Morgan fingerprint density at radius 1 is 1.17 bits per heavy atom. The number of benzene rings is 1. The van der Waals surface area contributed by atoms with E-state index in [1.54, 1.807) is 4.90 Å². The summed E-state index contributed by atoms with van der Waals surface area (Å²) in [6.07, 6.45) is 2.93. The largest absolute Gasteiger partial charge is 0.491 e. The maximum absolute atomic E-state index is 12.7. The van der Waals surface area contributed by atoms with Gasteiger partial charge in [0.2, 0.25) is 5.91 Å². The minimum absolute atomic E-state index is 0.0233. The quantitative estimate of drug-likeness (QED) is 0.735. The first-order chi connectivity index (χ1) is 13.5. The van der Waals surface area contributed by atoms with Gasteiger partial charge in [-0.25, -0.2) is 4.79 Å². The zero-order valence-corrected chi connectivity index (χ0v) is 18.7. The van der Waals surface area contributed by atoms with Crippen molar-refractivity contribution in [2.75, 3.05) is 6.54 Å². The molecule has 6 nitrogen and oxygen atoms in total. The standard InChI is InChI=1S/C23H36N2O4/c1-16(2)28-19-13-11-18(12-14-19)10-9-17(3)24-21(26)20-8-7-15-25(20)22(27)29-23(4,5)6/h11-14,16-17,20H,7-10,15H2,1-6H3,(H,24,26). The first kappa shape index (κ1) is 23.0. The minimum Gasteiger partial charge on any atom is -0.491 e. The third-order valence-electron chi connectivity index (χ3n) is 4.73. The maximum atomic E-state index is 12.7. The van der Waals surface area contributed by atoms with Crippen molar-refractivity contribution in [2.45, 2.75) is 91.0 Å². The summed E-state index contributed by atoms with van der Waals surface area (Å²) < 4.78 is 11.1. The number of ether oxygens (including phenoxy) is 2. The third-order valence-corrected chi connectivity index (χ3v) is 4.73. The van der Waals surface area contributed by atoms with Gasteiger partial charge in [-0.15, -0.1) is 0 Å². The summed E-state index contributed by atoms with van der Waals surface area (Å²) in [5.41, 5.74) is 0.641. The van der Waals surface area contributed by atoms with Crippen LogP contribution < -0.4 is 10.1 Å². The fourth-order valence-electron chi connectivity index (χ4n) is 3.38. The van der Waals surface area contributed by atoms with Crippen LogP contribution in [0.15, 0.2) is 24.3 Å². The molecule has 29 heavy (non-hydrogen) atoms. The highest BCUT2D eigenvalue weighted by Gasteiger charge is 2.36. The summed E-state index contributed by atoms with van der Waals surface area (Å²) in [7, 11) is 0. The van der Waals surface area contributed by atoms with Gasteiger partial charge < -0.3 is 14.8 Å². The number of amides is 2. The summed E-state index contributed by atoms with van der Waals surface area (Å²) in [5.74, 6) is 0.773. The Morgan fingerprint density at radius 3 is 2.41 bits per heavy atom. The molecule has 1 aliphatic heterocycles. The molecule has 1 N–H and O–H groups in total. The maximum Gasteiger partial charge on any atom is 0.410 e. The molecule has 2 rings (SSSR count). The van der Waals surface area contributed by atoms with Crippen LogP contribution >= 0.6 is 0 Å². The van der Waals surface area contributed by atoms with Crippen molar-refractivity contribution in [3.63, 3.8) is 0 Å². The molecule has 1 saturated heterocycles. The van der Waals surface area contributed by atoms with Crippen LogP contribution in [0.4, 0.5) is 4.79 Å². The molecule has 1 aromatic carbocycles. The molecule has 1 aromatic rings. The smallest absolute Gasteiger partial charge is 0.410 e.